The van der Waals surface area contributed by atoms with Crippen LogP contribution in [-0.2, 0) is 16.0 Å². The molecule has 100 valence electrons. The molecule has 0 amide bonds. The van der Waals surface area contributed by atoms with Gasteiger partial charge in [-0.25, -0.2) is 4.79 Å². The lowest BCUT2D eigenvalue weighted by molar-refractivity contribution is -0.137. The number of anilines is 1. The Morgan fingerprint density at radius 2 is 1.94 bits per heavy atom. The van der Waals surface area contributed by atoms with E-state index in [2.05, 4.69) is 5.32 Å². The van der Waals surface area contributed by atoms with E-state index in [0.717, 1.165) is 11.3 Å². The molecule has 18 heavy (non-hydrogen) atoms. The molecule has 0 aliphatic heterocycles. The number of carboxylic acids is 1. The fraction of sp³-hybridized carbons (Fsp3) is 0.462. The molecule has 0 fully saturated rings. The van der Waals surface area contributed by atoms with Crippen LogP contribution in [0, 0.1) is 6.92 Å². The summed E-state index contributed by atoms with van der Waals surface area (Å²) in [6.07, 6.45) is 0. The third-order valence-corrected chi connectivity index (χ3v) is 4.26. The third kappa shape index (κ3) is 4.58. The molecule has 4 nitrogen and oxygen atoms in total. The monoisotopic (exact) mass is 269 g/mol. The smallest absolute Gasteiger partial charge is 0.331 e. The number of carboxylic acid groups (broad SMARTS) is 1. The molecule has 1 aromatic carbocycles. The molecule has 5 heteroatoms. The van der Waals surface area contributed by atoms with E-state index in [1.54, 1.807) is 0 Å². The molecule has 0 saturated carbocycles. The van der Waals surface area contributed by atoms with Crippen molar-refractivity contribution in [1.82, 2.24) is 0 Å². The van der Waals surface area contributed by atoms with Crippen molar-refractivity contribution in [2.45, 2.75) is 32.1 Å². The Kier molecular flexibility index (Phi) is 5.50. The lowest BCUT2D eigenvalue weighted by atomic mass is 10.2. The van der Waals surface area contributed by atoms with E-state index in [-0.39, 0.29) is 11.0 Å². The van der Waals surface area contributed by atoms with Gasteiger partial charge in [0.2, 0.25) is 0 Å². The predicted octanol–water partition coefficient (Wildman–Crippen LogP) is 2.02. The molecular weight excluding hydrogens is 250 g/mol. The van der Waals surface area contributed by atoms with Gasteiger partial charge in [-0.1, -0.05) is 17.7 Å². The molecule has 0 spiro atoms. The summed E-state index contributed by atoms with van der Waals surface area (Å²) in [5, 5.41) is 12.0. The first-order chi connectivity index (χ1) is 8.40. The fourth-order valence-corrected chi connectivity index (χ4v) is 2.32. The van der Waals surface area contributed by atoms with Crippen LogP contribution < -0.4 is 5.32 Å². The van der Waals surface area contributed by atoms with Crippen molar-refractivity contribution in [1.29, 1.82) is 0 Å². The number of hydrogen-bond donors (Lipinski definition) is 2. The third-order valence-electron chi connectivity index (χ3n) is 2.55. The van der Waals surface area contributed by atoms with Crippen molar-refractivity contribution < 1.29 is 14.5 Å². The molecule has 0 radical (unpaired) electrons. The van der Waals surface area contributed by atoms with Crippen LogP contribution in [0.2, 0.25) is 0 Å². The maximum absolute atomic E-state index is 11.7. The van der Waals surface area contributed by atoms with Gasteiger partial charge in [-0.15, -0.1) is 0 Å². The van der Waals surface area contributed by atoms with Crippen molar-refractivity contribution in [3.63, 3.8) is 0 Å². The topological polar surface area (TPSA) is 72.4 Å². The Morgan fingerprint density at radius 3 is 2.39 bits per heavy atom. The Hall–Kier alpha value is -1.20. The lowest BCUT2D eigenvalue weighted by Crippen LogP contribution is -2.38. The van der Waals surface area contributed by atoms with Gasteiger partial charge in [0.15, 0.2) is 6.04 Å². The summed E-state index contributed by atoms with van der Waals surface area (Å²) in [5.74, 6) is -0.870. The van der Waals surface area contributed by atoms with Crippen molar-refractivity contribution >= 4 is 22.8 Å². The fourth-order valence-electron chi connectivity index (χ4n) is 1.38. The molecule has 0 aliphatic rings. The highest BCUT2D eigenvalue weighted by molar-refractivity contribution is 7.92. The predicted molar refractivity (Wildman–Crippen MR) is 74.4 cm³/mol. The summed E-state index contributed by atoms with van der Waals surface area (Å²) in [5.41, 5.74) is 1.84. The average molecular weight is 269 g/mol. The van der Waals surface area contributed by atoms with Crippen LogP contribution in [0.5, 0.6) is 0 Å². The minimum absolute atomic E-state index is 0.0355. The second-order valence-corrected chi connectivity index (χ2v) is 6.53. The van der Waals surface area contributed by atoms with Gasteiger partial charge in [-0.3, -0.25) is 0 Å². The maximum atomic E-state index is 11.7. The summed E-state index contributed by atoms with van der Waals surface area (Å²) in [6.45, 7) is 5.61. The van der Waals surface area contributed by atoms with Crippen LogP contribution >= 0.6 is 0 Å². The zero-order valence-electron chi connectivity index (χ0n) is 10.8. The van der Waals surface area contributed by atoms with Crippen LogP contribution in [0.3, 0.4) is 0 Å². The van der Waals surface area contributed by atoms with E-state index in [4.69, 9.17) is 5.11 Å². The molecule has 2 unspecified atom stereocenters. The number of hydrogen-bond acceptors (Lipinski definition) is 3. The van der Waals surface area contributed by atoms with Crippen LogP contribution in [0.25, 0.3) is 0 Å². The second kappa shape index (κ2) is 6.66. The van der Waals surface area contributed by atoms with Gasteiger partial charge in [0.25, 0.3) is 0 Å². The molecule has 1 aromatic rings. The summed E-state index contributed by atoms with van der Waals surface area (Å²) in [6, 6.07) is 6.63. The number of benzene rings is 1. The summed E-state index contributed by atoms with van der Waals surface area (Å²) < 4.78 is 11.7. The van der Waals surface area contributed by atoms with Gasteiger partial charge in [0, 0.05) is 5.69 Å². The van der Waals surface area contributed by atoms with E-state index in [1.807, 2.05) is 45.0 Å². The van der Waals surface area contributed by atoms with E-state index >= 15 is 0 Å². The van der Waals surface area contributed by atoms with Crippen LogP contribution in [-0.4, -0.2) is 32.7 Å². The standard InChI is InChI=1S/C13H19NO3S/c1-9(2)18(17)8-12(13(15)16)14-11-6-4-10(3)5-7-11/h4-7,9,12,14H,8H2,1-3H3,(H,15,16). The largest absolute Gasteiger partial charge is 0.616 e. The van der Waals surface area contributed by atoms with Crippen molar-refractivity contribution in [2.24, 2.45) is 0 Å². The minimum atomic E-state index is -1.14. The molecule has 2 atom stereocenters. The number of nitrogens with one attached hydrogen (secondary N) is 1. The first kappa shape index (κ1) is 14.9. The first-order valence-corrected chi connectivity index (χ1v) is 7.21. The Morgan fingerprint density at radius 1 is 1.39 bits per heavy atom. The normalized spacial score (nSPS) is 14.3. The number of aliphatic carboxylic acids is 1. The highest BCUT2D eigenvalue weighted by atomic mass is 32.2. The Bertz CT molecular complexity index is 392. The summed E-state index contributed by atoms with van der Waals surface area (Å²) in [4.78, 5) is 11.1. The van der Waals surface area contributed by atoms with E-state index < -0.39 is 23.2 Å². The summed E-state index contributed by atoms with van der Waals surface area (Å²) in [7, 11) is 0. The number of carbonyl (C=O) groups is 1. The molecule has 0 aromatic heterocycles. The van der Waals surface area contributed by atoms with Crippen LogP contribution in [0.4, 0.5) is 5.69 Å². The Balaban J connectivity index is 2.69. The van der Waals surface area contributed by atoms with Gasteiger partial charge in [-0.2, -0.15) is 0 Å². The second-order valence-electron chi connectivity index (χ2n) is 4.50. The maximum Gasteiger partial charge on any atom is 0.331 e. The molecule has 0 saturated heterocycles. The molecule has 0 aliphatic carbocycles. The van der Waals surface area contributed by atoms with Crippen LogP contribution in [0.15, 0.2) is 24.3 Å². The zero-order chi connectivity index (χ0) is 13.7. The zero-order valence-corrected chi connectivity index (χ0v) is 11.7. The highest BCUT2D eigenvalue weighted by Crippen LogP contribution is 2.12. The highest BCUT2D eigenvalue weighted by Gasteiger charge is 2.25. The van der Waals surface area contributed by atoms with Gasteiger partial charge >= 0.3 is 5.97 Å². The Labute approximate surface area is 111 Å². The van der Waals surface area contributed by atoms with E-state index in [0.29, 0.717) is 0 Å². The van der Waals surface area contributed by atoms with Crippen molar-refractivity contribution in [3.8, 4) is 0 Å². The average Bonchev–Trinajstić information content (AvgIpc) is 2.30. The summed E-state index contributed by atoms with van der Waals surface area (Å²) >= 11 is -1.14. The molecule has 0 bridgehead atoms. The minimum Gasteiger partial charge on any atom is -0.616 e. The SMILES string of the molecule is Cc1ccc(NC(C[S+]([O-])C(C)C)C(=O)O)cc1. The van der Waals surface area contributed by atoms with Crippen molar-refractivity contribution in [3.05, 3.63) is 29.8 Å². The van der Waals surface area contributed by atoms with E-state index in [9.17, 15) is 9.35 Å². The molecule has 0 heterocycles. The van der Waals surface area contributed by atoms with Gasteiger partial charge in [0.1, 0.15) is 11.0 Å². The lowest BCUT2D eigenvalue weighted by Gasteiger charge is -2.20. The first-order valence-electron chi connectivity index (χ1n) is 5.83. The molecule has 2 N–H and O–H groups in total. The molecular formula is C13H19NO3S. The van der Waals surface area contributed by atoms with Crippen LogP contribution in [0.1, 0.15) is 19.4 Å². The van der Waals surface area contributed by atoms with Gasteiger partial charge in [-0.05, 0) is 44.1 Å². The molecule has 1 rings (SSSR count). The quantitative estimate of drug-likeness (QED) is 0.775. The van der Waals surface area contributed by atoms with Gasteiger partial charge < -0.3 is 15.0 Å². The number of rotatable bonds is 6. The van der Waals surface area contributed by atoms with Gasteiger partial charge in [0.05, 0.1) is 0 Å². The van der Waals surface area contributed by atoms with Crippen molar-refractivity contribution in [2.75, 3.05) is 11.1 Å². The number of aryl methyl sites for hydroxylation is 1. The van der Waals surface area contributed by atoms with E-state index in [1.165, 1.54) is 0 Å².